The number of rotatable bonds is 50. The highest BCUT2D eigenvalue weighted by Gasteiger charge is 2.47. The molecule has 2 rings (SSSR count). The van der Waals surface area contributed by atoms with Gasteiger partial charge in [0.2, 0.25) is 0 Å². The Labute approximate surface area is 460 Å². The number of aliphatic hydroxyl groups is 7. The van der Waals surface area contributed by atoms with Crippen LogP contribution in [0.5, 0.6) is 0 Å². The highest BCUT2D eigenvalue weighted by atomic mass is 16.7. The fourth-order valence-corrected chi connectivity index (χ4v) is 9.86. The van der Waals surface area contributed by atoms with Crippen LogP contribution in [0.1, 0.15) is 258 Å². The summed E-state index contributed by atoms with van der Waals surface area (Å²) in [5.41, 5.74) is 0. The molecular weight excluding hydrogens is 973 g/mol. The van der Waals surface area contributed by atoms with Crippen LogP contribution >= 0.6 is 0 Å². The molecule has 2 aliphatic rings. The van der Waals surface area contributed by atoms with Crippen molar-refractivity contribution in [2.24, 2.45) is 0 Å². The Kier molecular flexibility index (Phi) is 44.0. The molecule has 15 nitrogen and oxygen atoms in total. The topological polar surface area (TPSA) is 231 Å². The zero-order valence-electron chi connectivity index (χ0n) is 47.8. The third-order valence-corrected chi connectivity index (χ3v) is 14.9. The molecule has 0 bridgehead atoms. The van der Waals surface area contributed by atoms with Gasteiger partial charge >= 0.3 is 11.9 Å². The molecule has 2 heterocycles. The van der Waals surface area contributed by atoms with Gasteiger partial charge in [-0.05, 0) is 64.2 Å². The molecule has 0 saturated carbocycles. The monoisotopic (exact) mass is 1080 g/mol. The van der Waals surface area contributed by atoms with E-state index in [1.54, 1.807) is 0 Å². The minimum atomic E-state index is -1.76. The van der Waals surface area contributed by atoms with Gasteiger partial charge in [0.15, 0.2) is 18.7 Å². The van der Waals surface area contributed by atoms with Gasteiger partial charge in [-0.1, -0.05) is 205 Å². The van der Waals surface area contributed by atoms with Gasteiger partial charge in [-0.3, -0.25) is 9.59 Å². The number of hydrogen-bond donors (Lipinski definition) is 7. The molecular formula is C61H112O15. The molecule has 0 spiro atoms. The summed E-state index contributed by atoms with van der Waals surface area (Å²) >= 11 is 0. The first-order valence-electron chi connectivity index (χ1n) is 30.9. The summed E-state index contributed by atoms with van der Waals surface area (Å²) in [6, 6.07) is 0. The molecule has 0 amide bonds. The summed E-state index contributed by atoms with van der Waals surface area (Å²) in [5, 5.41) is 72.4. The average molecular weight is 1090 g/mol. The Morgan fingerprint density at radius 3 is 1.16 bits per heavy atom. The van der Waals surface area contributed by atoms with Gasteiger partial charge in [-0.25, -0.2) is 0 Å². The first-order chi connectivity index (χ1) is 37.0. The lowest BCUT2D eigenvalue weighted by molar-refractivity contribution is -0.332. The predicted molar refractivity (Wildman–Crippen MR) is 298 cm³/mol. The number of unbranched alkanes of at least 4 members (excludes halogenated alkanes) is 32. The van der Waals surface area contributed by atoms with Crippen LogP contribution in [0.4, 0.5) is 0 Å². The Morgan fingerprint density at radius 2 is 0.750 bits per heavy atom. The van der Waals surface area contributed by atoms with Gasteiger partial charge < -0.3 is 64.2 Å². The molecule has 2 saturated heterocycles. The van der Waals surface area contributed by atoms with E-state index in [4.69, 9.17) is 28.4 Å². The van der Waals surface area contributed by atoms with E-state index in [2.05, 4.69) is 38.2 Å². The minimum Gasteiger partial charge on any atom is -0.462 e. The van der Waals surface area contributed by atoms with Gasteiger partial charge in [0.25, 0.3) is 0 Å². The Hall–Kier alpha value is -2.02. The lowest BCUT2D eigenvalue weighted by Crippen LogP contribution is -2.61. The summed E-state index contributed by atoms with van der Waals surface area (Å²) in [6.45, 7) is 2.63. The molecule has 76 heavy (non-hydrogen) atoms. The zero-order valence-corrected chi connectivity index (χ0v) is 47.8. The smallest absolute Gasteiger partial charge is 0.306 e. The number of carbonyl (C=O) groups is 2. The fraction of sp³-hybridized carbons (Fsp3) is 0.902. The van der Waals surface area contributed by atoms with E-state index in [0.29, 0.717) is 12.8 Å². The first-order valence-corrected chi connectivity index (χ1v) is 30.9. The molecule has 2 aliphatic heterocycles. The van der Waals surface area contributed by atoms with E-state index >= 15 is 0 Å². The molecule has 0 aromatic rings. The number of aliphatic hydroxyl groups excluding tert-OH is 7. The molecule has 0 aliphatic carbocycles. The molecule has 2 fully saturated rings. The molecule has 11 unspecified atom stereocenters. The van der Waals surface area contributed by atoms with E-state index in [-0.39, 0.29) is 26.1 Å². The molecule has 0 aromatic heterocycles. The largest absolute Gasteiger partial charge is 0.462 e. The number of hydrogen-bond acceptors (Lipinski definition) is 15. The predicted octanol–water partition coefficient (Wildman–Crippen LogP) is 11.1. The lowest BCUT2D eigenvalue weighted by atomic mass is 9.98. The van der Waals surface area contributed by atoms with E-state index < -0.39 is 92.7 Å². The van der Waals surface area contributed by atoms with Crippen molar-refractivity contribution in [3.63, 3.8) is 0 Å². The van der Waals surface area contributed by atoms with E-state index in [9.17, 15) is 45.3 Å². The molecule has 15 heteroatoms. The Balaban J connectivity index is 1.73. The molecule has 0 radical (unpaired) electrons. The van der Waals surface area contributed by atoms with Crippen molar-refractivity contribution in [2.75, 3.05) is 26.4 Å². The van der Waals surface area contributed by atoms with E-state index in [1.165, 1.54) is 173 Å². The molecule has 446 valence electrons. The second kappa shape index (κ2) is 47.8. The van der Waals surface area contributed by atoms with Crippen LogP contribution in [0.3, 0.4) is 0 Å². The summed E-state index contributed by atoms with van der Waals surface area (Å²) in [6.07, 6.45) is 36.2. The van der Waals surface area contributed by atoms with Gasteiger partial charge in [0, 0.05) is 12.8 Å². The van der Waals surface area contributed by atoms with Crippen molar-refractivity contribution >= 4 is 11.9 Å². The molecule has 0 aromatic carbocycles. The lowest BCUT2D eigenvalue weighted by Gasteiger charge is -2.42. The second-order valence-corrected chi connectivity index (χ2v) is 21.9. The van der Waals surface area contributed by atoms with Crippen LogP contribution in [-0.4, -0.2) is 142 Å². The maximum atomic E-state index is 13.1. The van der Waals surface area contributed by atoms with Crippen LogP contribution < -0.4 is 0 Å². The van der Waals surface area contributed by atoms with Gasteiger partial charge in [0.05, 0.1) is 19.8 Å². The third-order valence-electron chi connectivity index (χ3n) is 14.9. The second-order valence-electron chi connectivity index (χ2n) is 21.9. The standard InChI is InChI=1S/C61H112O15/c1-3-5-7-9-11-13-15-17-19-21-23-24-26-28-30-32-34-36-38-40-42-44-53(64)74-49(46-71-52(63)43-41-39-37-35-33-31-29-27-25-22-20-18-16-14-12-10-8-6-4-2)47-72-60-59(70)57(68)55(66)51(76-60)48-73-61-58(69)56(67)54(65)50(45-62)75-61/h18,20-21,23,49-51,54-62,65-70H,3-17,19,22,24-48H2,1-2H3/b20-18-,23-21-. The summed E-state index contributed by atoms with van der Waals surface area (Å²) < 4.78 is 33.8. The summed E-state index contributed by atoms with van der Waals surface area (Å²) in [4.78, 5) is 25.9. The van der Waals surface area contributed by atoms with Crippen molar-refractivity contribution in [2.45, 2.75) is 325 Å². The quantitative estimate of drug-likeness (QED) is 0.0171. The number of carbonyl (C=O) groups excluding carboxylic acids is 2. The minimum absolute atomic E-state index is 0.165. The van der Waals surface area contributed by atoms with Crippen molar-refractivity contribution in [1.29, 1.82) is 0 Å². The van der Waals surface area contributed by atoms with Crippen LogP contribution in [-0.2, 0) is 38.0 Å². The van der Waals surface area contributed by atoms with Crippen LogP contribution in [0, 0.1) is 0 Å². The Morgan fingerprint density at radius 1 is 0.408 bits per heavy atom. The number of ether oxygens (including phenoxy) is 6. The first kappa shape index (κ1) is 70.1. The highest BCUT2D eigenvalue weighted by Crippen LogP contribution is 2.27. The Bertz CT molecular complexity index is 1410. The third kappa shape index (κ3) is 34.2. The van der Waals surface area contributed by atoms with Crippen molar-refractivity contribution in [1.82, 2.24) is 0 Å². The van der Waals surface area contributed by atoms with Crippen LogP contribution in [0.25, 0.3) is 0 Å². The maximum Gasteiger partial charge on any atom is 0.306 e. The van der Waals surface area contributed by atoms with E-state index in [1.807, 2.05) is 0 Å². The maximum absolute atomic E-state index is 13.1. The number of allylic oxidation sites excluding steroid dienone is 4. The summed E-state index contributed by atoms with van der Waals surface area (Å²) in [7, 11) is 0. The normalized spacial score (nSPS) is 24.4. The highest BCUT2D eigenvalue weighted by molar-refractivity contribution is 5.70. The van der Waals surface area contributed by atoms with Crippen LogP contribution in [0.2, 0.25) is 0 Å². The van der Waals surface area contributed by atoms with Gasteiger partial charge in [-0.2, -0.15) is 0 Å². The average Bonchev–Trinajstić information content (AvgIpc) is 3.42. The van der Waals surface area contributed by atoms with Crippen molar-refractivity contribution in [3.05, 3.63) is 24.3 Å². The molecule has 7 N–H and O–H groups in total. The fourth-order valence-electron chi connectivity index (χ4n) is 9.86. The SMILES string of the molecule is CCCCCCCC/C=C\CCCCCCCCCCCC(=O)OCC(COC1OC(COC2OC(CO)C(O)C(O)C2O)C(O)C(O)C1O)OC(=O)CCCCCCCCCCC/C=C\CCCCCCCCCC. The van der Waals surface area contributed by atoms with Crippen LogP contribution in [0.15, 0.2) is 24.3 Å². The van der Waals surface area contributed by atoms with E-state index in [0.717, 1.165) is 44.9 Å². The molecule has 11 atom stereocenters. The number of esters is 2. The summed E-state index contributed by atoms with van der Waals surface area (Å²) in [5.74, 6) is -0.917. The van der Waals surface area contributed by atoms with Gasteiger partial charge in [-0.15, -0.1) is 0 Å². The van der Waals surface area contributed by atoms with Crippen molar-refractivity contribution in [3.8, 4) is 0 Å². The van der Waals surface area contributed by atoms with Gasteiger partial charge in [0.1, 0.15) is 55.4 Å². The van der Waals surface area contributed by atoms with Crippen molar-refractivity contribution < 1.29 is 73.8 Å². The zero-order chi connectivity index (χ0) is 55.3.